The number of sulfonamides is 1. The molecule has 0 spiro atoms. The molecule has 0 unspecified atom stereocenters. The molecule has 0 saturated carbocycles. The van der Waals surface area contributed by atoms with Crippen LogP contribution in [0.5, 0.6) is 0 Å². The van der Waals surface area contributed by atoms with Gasteiger partial charge in [0.2, 0.25) is 15.9 Å². The largest absolute Gasteiger partial charge is 0.354 e. The van der Waals surface area contributed by atoms with Crippen molar-refractivity contribution < 1.29 is 26.8 Å². The third kappa shape index (κ3) is 6.44. The summed E-state index contributed by atoms with van der Waals surface area (Å²) in [5.74, 6) is -2.76. The molecule has 1 saturated heterocycles. The average molecular weight is 467 g/mol. The van der Waals surface area contributed by atoms with Gasteiger partial charge < -0.3 is 15.5 Å². The van der Waals surface area contributed by atoms with Crippen LogP contribution in [-0.4, -0.2) is 74.5 Å². The van der Waals surface area contributed by atoms with Gasteiger partial charge in [-0.25, -0.2) is 22.2 Å². The Bertz CT molecular complexity index is 1040. The Kier molecular flexibility index (Phi) is 7.70. The lowest BCUT2D eigenvalue weighted by Gasteiger charge is -2.34. The molecule has 1 aliphatic rings. The minimum Gasteiger partial charge on any atom is -0.354 e. The second-order valence-corrected chi connectivity index (χ2v) is 9.17. The maximum atomic E-state index is 13.2. The van der Waals surface area contributed by atoms with Gasteiger partial charge in [-0.3, -0.25) is 9.59 Å². The van der Waals surface area contributed by atoms with Crippen LogP contribution in [0.25, 0.3) is 0 Å². The van der Waals surface area contributed by atoms with Gasteiger partial charge in [-0.1, -0.05) is 6.07 Å². The predicted molar refractivity (Wildman–Crippen MR) is 114 cm³/mol. The number of aromatic nitrogens is 1. The van der Waals surface area contributed by atoms with Crippen LogP contribution >= 0.6 is 0 Å². The van der Waals surface area contributed by atoms with E-state index in [1.54, 1.807) is 6.20 Å². The summed E-state index contributed by atoms with van der Waals surface area (Å²) in [4.78, 5) is 30.0. The highest BCUT2D eigenvalue weighted by Crippen LogP contribution is 2.14. The minimum atomic E-state index is -3.57. The zero-order chi connectivity index (χ0) is 23.1. The van der Waals surface area contributed by atoms with Crippen molar-refractivity contribution in [3.05, 3.63) is 59.8 Å². The van der Waals surface area contributed by atoms with Gasteiger partial charge in [-0.15, -0.1) is 0 Å². The average Bonchev–Trinajstić information content (AvgIpc) is 2.77. The Morgan fingerprint density at radius 1 is 1.00 bits per heavy atom. The SMILES string of the molecule is O=C(CNC(=O)c1cc(F)cc(F)c1)NCCS(=O)(=O)N1CCN(c2ccccn2)CC1. The van der Waals surface area contributed by atoms with Crippen molar-refractivity contribution in [1.82, 2.24) is 19.9 Å². The summed E-state index contributed by atoms with van der Waals surface area (Å²) in [6, 6.07) is 7.86. The van der Waals surface area contributed by atoms with Crippen LogP contribution in [0, 0.1) is 11.6 Å². The van der Waals surface area contributed by atoms with Gasteiger partial charge in [0.25, 0.3) is 5.91 Å². The molecular weight excluding hydrogens is 444 g/mol. The lowest BCUT2D eigenvalue weighted by atomic mass is 10.2. The molecule has 0 radical (unpaired) electrons. The molecule has 0 bridgehead atoms. The first-order valence-electron chi connectivity index (χ1n) is 9.89. The molecule has 1 aromatic carbocycles. The van der Waals surface area contributed by atoms with Crippen LogP contribution < -0.4 is 15.5 Å². The molecule has 1 fully saturated rings. The van der Waals surface area contributed by atoms with E-state index in [0.29, 0.717) is 32.2 Å². The Balaban J connectivity index is 1.39. The molecule has 12 heteroatoms. The van der Waals surface area contributed by atoms with E-state index in [2.05, 4.69) is 15.6 Å². The quantitative estimate of drug-likeness (QED) is 0.580. The number of anilines is 1. The van der Waals surface area contributed by atoms with Crippen molar-refractivity contribution in [2.24, 2.45) is 0 Å². The molecule has 0 atom stereocenters. The monoisotopic (exact) mass is 467 g/mol. The van der Waals surface area contributed by atoms with Gasteiger partial charge in [-0.2, -0.15) is 4.31 Å². The summed E-state index contributed by atoms with van der Waals surface area (Å²) in [5, 5.41) is 4.64. The number of hydrogen-bond acceptors (Lipinski definition) is 6. The van der Waals surface area contributed by atoms with Crippen LogP contribution in [0.4, 0.5) is 14.6 Å². The fourth-order valence-corrected chi connectivity index (χ4v) is 4.53. The lowest BCUT2D eigenvalue weighted by molar-refractivity contribution is -0.120. The van der Waals surface area contributed by atoms with Crippen LogP contribution in [0.2, 0.25) is 0 Å². The molecule has 2 aromatic rings. The van der Waals surface area contributed by atoms with Crippen LogP contribution in [0.1, 0.15) is 10.4 Å². The summed E-state index contributed by atoms with van der Waals surface area (Å²) < 4.78 is 52.7. The van der Waals surface area contributed by atoms with Crippen LogP contribution in [0.3, 0.4) is 0 Å². The Hall–Kier alpha value is -3.12. The smallest absolute Gasteiger partial charge is 0.251 e. The maximum absolute atomic E-state index is 13.2. The Morgan fingerprint density at radius 3 is 2.31 bits per heavy atom. The molecule has 1 aliphatic heterocycles. The van der Waals surface area contributed by atoms with E-state index in [0.717, 1.165) is 18.0 Å². The second kappa shape index (κ2) is 10.5. The van der Waals surface area contributed by atoms with E-state index in [1.807, 2.05) is 23.1 Å². The number of rotatable bonds is 8. The molecule has 1 aromatic heterocycles. The van der Waals surface area contributed by atoms with Gasteiger partial charge in [-0.05, 0) is 24.3 Å². The van der Waals surface area contributed by atoms with E-state index >= 15 is 0 Å². The number of pyridine rings is 1. The number of halogens is 2. The van der Waals surface area contributed by atoms with Crippen molar-refractivity contribution in [1.29, 1.82) is 0 Å². The van der Waals surface area contributed by atoms with Crippen LogP contribution in [0.15, 0.2) is 42.6 Å². The van der Waals surface area contributed by atoms with Crippen molar-refractivity contribution in [2.75, 3.05) is 49.9 Å². The number of nitrogens with zero attached hydrogens (tertiary/aromatic N) is 3. The fraction of sp³-hybridized carbons (Fsp3) is 0.350. The van der Waals surface area contributed by atoms with Crippen LogP contribution in [-0.2, 0) is 14.8 Å². The summed E-state index contributed by atoms with van der Waals surface area (Å²) in [6.45, 7) is 1.05. The van der Waals surface area contributed by atoms with Crippen molar-refractivity contribution >= 4 is 27.7 Å². The Morgan fingerprint density at radius 2 is 1.69 bits per heavy atom. The van der Waals surface area contributed by atoms with Gasteiger partial charge in [0.15, 0.2) is 0 Å². The van der Waals surface area contributed by atoms with Gasteiger partial charge in [0, 0.05) is 50.6 Å². The number of hydrogen-bond donors (Lipinski definition) is 2. The van der Waals surface area contributed by atoms with E-state index < -0.39 is 40.0 Å². The number of nitrogens with one attached hydrogen (secondary N) is 2. The van der Waals surface area contributed by atoms with E-state index in [9.17, 15) is 26.8 Å². The predicted octanol–water partition coefficient (Wildman–Crippen LogP) is 0.358. The lowest BCUT2D eigenvalue weighted by Crippen LogP contribution is -2.50. The molecule has 0 aliphatic carbocycles. The summed E-state index contributed by atoms with van der Waals surface area (Å²) in [6.07, 6.45) is 1.68. The normalized spacial score (nSPS) is 14.8. The summed E-state index contributed by atoms with van der Waals surface area (Å²) >= 11 is 0. The zero-order valence-electron chi connectivity index (χ0n) is 17.1. The van der Waals surface area contributed by atoms with Crippen molar-refractivity contribution in [3.63, 3.8) is 0 Å². The van der Waals surface area contributed by atoms with E-state index in [-0.39, 0.29) is 17.9 Å². The topological polar surface area (TPSA) is 112 Å². The number of carbonyl (C=O) groups is 2. The standard InChI is InChI=1S/C20H23F2N5O4S/c21-16-11-15(12-17(22)13-16)20(29)25-14-19(28)24-5-10-32(30,31)27-8-6-26(7-9-27)18-3-1-2-4-23-18/h1-4,11-13H,5-10,14H2,(H,24,28)(H,25,29). The number of amides is 2. The zero-order valence-corrected chi connectivity index (χ0v) is 17.9. The molecule has 32 heavy (non-hydrogen) atoms. The minimum absolute atomic E-state index is 0.133. The highest BCUT2D eigenvalue weighted by molar-refractivity contribution is 7.89. The van der Waals surface area contributed by atoms with E-state index in [1.165, 1.54) is 4.31 Å². The van der Waals surface area contributed by atoms with Gasteiger partial charge >= 0.3 is 0 Å². The van der Waals surface area contributed by atoms with E-state index in [4.69, 9.17) is 0 Å². The molecule has 2 amide bonds. The third-order valence-corrected chi connectivity index (χ3v) is 6.69. The highest BCUT2D eigenvalue weighted by atomic mass is 32.2. The molecule has 172 valence electrons. The Labute approximate surface area is 184 Å². The summed E-state index contributed by atoms with van der Waals surface area (Å²) in [7, 11) is -3.57. The number of benzene rings is 1. The maximum Gasteiger partial charge on any atom is 0.251 e. The van der Waals surface area contributed by atoms with Gasteiger partial charge in [0.1, 0.15) is 17.5 Å². The number of carbonyl (C=O) groups excluding carboxylic acids is 2. The first-order valence-corrected chi connectivity index (χ1v) is 11.5. The second-order valence-electron chi connectivity index (χ2n) is 7.08. The molecule has 3 rings (SSSR count). The first-order chi connectivity index (χ1) is 15.2. The number of piperazine rings is 1. The van der Waals surface area contributed by atoms with Gasteiger partial charge in [0.05, 0.1) is 12.3 Å². The summed E-state index contributed by atoms with van der Waals surface area (Å²) in [5.41, 5.74) is -0.261. The molecular formula is C20H23F2N5O4S. The highest BCUT2D eigenvalue weighted by Gasteiger charge is 2.27. The van der Waals surface area contributed by atoms with Crippen molar-refractivity contribution in [2.45, 2.75) is 0 Å². The first kappa shape index (κ1) is 23.5. The fourth-order valence-electron chi connectivity index (χ4n) is 3.19. The third-order valence-electron chi connectivity index (χ3n) is 4.82. The molecule has 2 heterocycles. The van der Waals surface area contributed by atoms with Crippen molar-refractivity contribution in [3.8, 4) is 0 Å². The molecule has 9 nitrogen and oxygen atoms in total. The molecule has 2 N–H and O–H groups in total.